The summed E-state index contributed by atoms with van der Waals surface area (Å²) in [5.74, 6) is 0.592. The number of piperazine rings is 1. The topological polar surface area (TPSA) is 132 Å². The van der Waals surface area contributed by atoms with Crippen LogP contribution in [0.4, 0.5) is 16.6 Å². The third-order valence-electron chi connectivity index (χ3n) is 3.27. The van der Waals surface area contributed by atoms with E-state index in [0.717, 1.165) is 0 Å². The highest BCUT2D eigenvalue weighted by molar-refractivity contribution is 7.16. The lowest BCUT2D eigenvalue weighted by Crippen LogP contribution is -2.54. The van der Waals surface area contributed by atoms with Gasteiger partial charge in [0.15, 0.2) is 10.6 Å². The summed E-state index contributed by atoms with van der Waals surface area (Å²) in [5.41, 5.74) is 7.91. The first-order valence-corrected chi connectivity index (χ1v) is 6.99. The summed E-state index contributed by atoms with van der Waals surface area (Å²) < 4.78 is 0. The Morgan fingerprint density at radius 3 is 3.05 bits per heavy atom. The summed E-state index contributed by atoms with van der Waals surface area (Å²) in [6.07, 6.45) is -1.03. The molecule has 9 nitrogen and oxygen atoms in total. The lowest BCUT2D eigenvalue weighted by molar-refractivity contribution is 0.138. The predicted molar refractivity (Wildman–Crippen MR) is 76.0 cm³/mol. The number of hydrogen-bond acceptors (Lipinski definition) is 8. The standard InChI is InChI=1S/C11H11N7O2S/c12-3-6-4-17(11(19)20)1-2-18(6)8-7-9(21-5-14-7)16-10(13)15-8/h5-6H,1-2,4H2,(H,19,20)(H2,13,15,16)/t6-/m0/s1. The first-order valence-electron chi connectivity index (χ1n) is 6.11. The van der Waals surface area contributed by atoms with E-state index in [-0.39, 0.29) is 12.5 Å². The average molecular weight is 305 g/mol. The Labute approximate surface area is 123 Å². The lowest BCUT2D eigenvalue weighted by Gasteiger charge is -2.37. The summed E-state index contributed by atoms with van der Waals surface area (Å²) in [6.45, 7) is 0.748. The number of nitrogens with two attached hydrogens (primary N) is 1. The van der Waals surface area contributed by atoms with Crippen molar-refractivity contribution < 1.29 is 9.90 Å². The van der Waals surface area contributed by atoms with Crippen molar-refractivity contribution in [2.45, 2.75) is 6.04 Å². The van der Waals surface area contributed by atoms with Crippen LogP contribution in [0.2, 0.25) is 0 Å². The number of thiazole rings is 1. The normalized spacial score (nSPS) is 18.7. The molecule has 108 valence electrons. The minimum absolute atomic E-state index is 0.0986. The van der Waals surface area contributed by atoms with Gasteiger partial charge in [0.1, 0.15) is 11.6 Å². The molecule has 0 spiro atoms. The molecule has 0 unspecified atom stereocenters. The quantitative estimate of drug-likeness (QED) is 0.771. The summed E-state index contributed by atoms with van der Waals surface area (Å²) in [5, 5.41) is 18.3. The lowest BCUT2D eigenvalue weighted by atomic mass is 10.2. The fourth-order valence-electron chi connectivity index (χ4n) is 2.28. The average Bonchev–Trinajstić information content (AvgIpc) is 2.93. The SMILES string of the molecule is N#C[C@H]1CN(C(=O)O)CCN1c1nc(N)nc2scnc12. The molecule has 1 atom stereocenters. The van der Waals surface area contributed by atoms with Crippen LogP contribution in [-0.4, -0.2) is 56.7 Å². The van der Waals surface area contributed by atoms with Crippen molar-refractivity contribution in [1.82, 2.24) is 19.9 Å². The Kier molecular flexibility index (Phi) is 3.19. The Morgan fingerprint density at radius 1 is 1.52 bits per heavy atom. The maximum absolute atomic E-state index is 11.0. The molecular formula is C11H11N7O2S. The largest absolute Gasteiger partial charge is 0.465 e. The number of nitrogen functional groups attached to an aromatic ring is 1. The minimum Gasteiger partial charge on any atom is -0.465 e. The number of carbonyl (C=O) groups is 1. The Morgan fingerprint density at radius 2 is 2.33 bits per heavy atom. The maximum atomic E-state index is 11.0. The van der Waals surface area contributed by atoms with Gasteiger partial charge in [-0.15, -0.1) is 11.3 Å². The monoisotopic (exact) mass is 305 g/mol. The van der Waals surface area contributed by atoms with Crippen LogP contribution in [0.5, 0.6) is 0 Å². The molecule has 2 aromatic rings. The summed E-state index contributed by atoms with van der Waals surface area (Å²) in [6, 6.07) is 1.48. The first-order chi connectivity index (χ1) is 10.1. The molecule has 3 N–H and O–H groups in total. The summed E-state index contributed by atoms with van der Waals surface area (Å²) in [4.78, 5) is 27.1. The molecule has 3 rings (SSSR count). The Bertz CT molecular complexity index is 740. The highest BCUT2D eigenvalue weighted by Crippen LogP contribution is 2.28. The van der Waals surface area contributed by atoms with Crippen molar-refractivity contribution in [1.29, 1.82) is 5.26 Å². The van der Waals surface area contributed by atoms with Crippen LogP contribution in [0.15, 0.2) is 5.51 Å². The van der Waals surface area contributed by atoms with Crippen LogP contribution < -0.4 is 10.6 Å². The van der Waals surface area contributed by atoms with Crippen LogP contribution in [0.25, 0.3) is 10.3 Å². The number of anilines is 2. The van der Waals surface area contributed by atoms with E-state index in [4.69, 9.17) is 10.8 Å². The van der Waals surface area contributed by atoms with Gasteiger partial charge in [-0.05, 0) is 0 Å². The molecule has 0 radical (unpaired) electrons. The molecule has 1 aliphatic heterocycles. The van der Waals surface area contributed by atoms with E-state index in [1.54, 1.807) is 10.4 Å². The molecule has 1 amide bonds. The van der Waals surface area contributed by atoms with Crippen LogP contribution in [0.3, 0.4) is 0 Å². The highest BCUT2D eigenvalue weighted by atomic mass is 32.1. The molecule has 1 aliphatic rings. The third kappa shape index (κ3) is 2.27. The second kappa shape index (κ2) is 5.02. The molecule has 0 aromatic carbocycles. The van der Waals surface area contributed by atoms with Gasteiger partial charge in [-0.3, -0.25) is 0 Å². The summed E-state index contributed by atoms with van der Waals surface area (Å²) >= 11 is 1.34. The second-order valence-electron chi connectivity index (χ2n) is 4.48. The van der Waals surface area contributed by atoms with Crippen LogP contribution in [0.1, 0.15) is 0 Å². The third-order valence-corrected chi connectivity index (χ3v) is 3.99. The molecule has 10 heteroatoms. The van der Waals surface area contributed by atoms with Gasteiger partial charge in [-0.25, -0.2) is 14.8 Å². The smallest absolute Gasteiger partial charge is 0.407 e. The minimum atomic E-state index is -1.03. The molecule has 2 aromatic heterocycles. The van der Waals surface area contributed by atoms with Gasteiger partial charge in [-0.1, -0.05) is 0 Å². The van der Waals surface area contributed by atoms with E-state index >= 15 is 0 Å². The zero-order valence-corrected chi connectivity index (χ0v) is 11.6. The van der Waals surface area contributed by atoms with Gasteiger partial charge in [0.05, 0.1) is 18.1 Å². The molecule has 1 saturated heterocycles. The van der Waals surface area contributed by atoms with Crippen molar-refractivity contribution in [3.05, 3.63) is 5.51 Å². The summed E-state index contributed by atoms with van der Waals surface area (Å²) in [7, 11) is 0. The molecule has 0 saturated carbocycles. The van der Waals surface area contributed by atoms with Crippen molar-refractivity contribution in [2.24, 2.45) is 0 Å². The molecule has 3 heterocycles. The molecular weight excluding hydrogens is 294 g/mol. The zero-order valence-electron chi connectivity index (χ0n) is 10.8. The van der Waals surface area contributed by atoms with E-state index in [0.29, 0.717) is 29.3 Å². The van der Waals surface area contributed by atoms with Crippen molar-refractivity contribution in [3.63, 3.8) is 0 Å². The number of amides is 1. The van der Waals surface area contributed by atoms with Crippen LogP contribution in [0, 0.1) is 11.3 Å². The van der Waals surface area contributed by atoms with Crippen LogP contribution in [-0.2, 0) is 0 Å². The number of nitrogens with zero attached hydrogens (tertiary/aromatic N) is 6. The second-order valence-corrected chi connectivity index (χ2v) is 5.31. The number of hydrogen-bond donors (Lipinski definition) is 2. The van der Waals surface area contributed by atoms with E-state index in [2.05, 4.69) is 21.0 Å². The van der Waals surface area contributed by atoms with Crippen molar-refractivity contribution in [2.75, 3.05) is 30.3 Å². The van der Waals surface area contributed by atoms with Crippen LogP contribution >= 0.6 is 11.3 Å². The highest BCUT2D eigenvalue weighted by Gasteiger charge is 2.32. The predicted octanol–water partition coefficient (Wildman–Crippen LogP) is 0.361. The van der Waals surface area contributed by atoms with Gasteiger partial charge in [0.25, 0.3) is 0 Å². The zero-order chi connectivity index (χ0) is 15.0. The number of carboxylic acid groups (broad SMARTS) is 1. The molecule has 21 heavy (non-hydrogen) atoms. The number of fused-ring (bicyclic) bond motifs is 1. The van der Waals surface area contributed by atoms with Gasteiger partial charge < -0.3 is 20.6 Å². The number of nitriles is 1. The van der Waals surface area contributed by atoms with Gasteiger partial charge in [0.2, 0.25) is 5.95 Å². The fraction of sp³-hybridized carbons (Fsp3) is 0.364. The van der Waals surface area contributed by atoms with E-state index in [1.807, 2.05) is 0 Å². The number of aromatic nitrogens is 3. The molecule has 0 aliphatic carbocycles. The first kappa shape index (κ1) is 13.3. The van der Waals surface area contributed by atoms with E-state index < -0.39 is 12.1 Å². The van der Waals surface area contributed by atoms with E-state index in [9.17, 15) is 10.1 Å². The van der Waals surface area contributed by atoms with E-state index in [1.165, 1.54) is 16.2 Å². The van der Waals surface area contributed by atoms with Gasteiger partial charge >= 0.3 is 6.09 Å². The van der Waals surface area contributed by atoms with Gasteiger partial charge in [0, 0.05) is 13.1 Å². The Hall–Kier alpha value is -2.67. The molecule has 0 bridgehead atoms. The number of rotatable bonds is 1. The van der Waals surface area contributed by atoms with Crippen molar-refractivity contribution >= 4 is 39.5 Å². The maximum Gasteiger partial charge on any atom is 0.407 e. The molecule has 1 fully saturated rings. The van der Waals surface area contributed by atoms with Crippen molar-refractivity contribution in [3.8, 4) is 6.07 Å². The van der Waals surface area contributed by atoms with Gasteiger partial charge in [-0.2, -0.15) is 10.2 Å². The Balaban J connectivity index is 2.00. The fourth-order valence-corrected chi connectivity index (χ4v) is 2.94.